The van der Waals surface area contributed by atoms with Crippen LogP contribution in [0.25, 0.3) is 0 Å². The van der Waals surface area contributed by atoms with Gasteiger partial charge in [-0.3, -0.25) is 0 Å². The lowest BCUT2D eigenvalue weighted by Crippen LogP contribution is -2.32. The summed E-state index contributed by atoms with van der Waals surface area (Å²) >= 11 is 0. The van der Waals surface area contributed by atoms with Crippen LogP contribution in [0.4, 0.5) is 0 Å². The van der Waals surface area contributed by atoms with Gasteiger partial charge in [-0.25, -0.2) is 0 Å². The third-order valence-corrected chi connectivity index (χ3v) is 3.95. The molecule has 0 unspecified atom stereocenters. The summed E-state index contributed by atoms with van der Waals surface area (Å²) < 4.78 is 0. The zero-order chi connectivity index (χ0) is 11.5. The van der Waals surface area contributed by atoms with Gasteiger partial charge in [0.2, 0.25) is 0 Å². The van der Waals surface area contributed by atoms with Crippen molar-refractivity contribution in [1.82, 2.24) is 0 Å². The monoisotopic (exact) mass is 206 g/mol. The number of aliphatic hydroxyl groups is 1. The largest absolute Gasteiger partial charge is 0.392 e. The van der Waals surface area contributed by atoms with Crippen molar-refractivity contribution < 1.29 is 5.11 Å². The van der Waals surface area contributed by atoms with Crippen molar-refractivity contribution in [2.45, 2.75) is 26.2 Å². The van der Waals surface area contributed by atoms with E-state index in [9.17, 15) is 0 Å². The van der Waals surface area contributed by atoms with Gasteiger partial charge in [0.05, 0.1) is 6.61 Å². The van der Waals surface area contributed by atoms with Crippen LogP contribution < -0.4 is 0 Å². The van der Waals surface area contributed by atoms with Crippen molar-refractivity contribution in [3.05, 3.63) is 37.5 Å². The Kier molecular flexibility index (Phi) is 3.92. The second-order valence-corrected chi connectivity index (χ2v) is 4.84. The van der Waals surface area contributed by atoms with Crippen LogP contribution in [0.3, 0.4) is 0 Å². The van der Waals surface area contributed by atoms with E-state index in [0.29, 0.717) is 11.8 Å². The summed E-state index contributed by atoms with van der Waals surface area (Å²) in [5, 5.41) is 9.09. The molecule has 0 bridgehead atoms. The maximum absolute atomic E-state index is 9.09. The molecular weight excluding hydrogens is 184 g/mol. The van der Waals surface area contributed by atoms with E-state index in [1.807, 2.05) is 6.08 Å². The molecule has 0 heterocycles. The molecule has 1 aliphatic rings. The second kappa shape index (κ2) is 4.80. The predicted octanol–water partition coefficient (Wildman–Crippen LogP) is 3.33. The lowest BCUT2D eigenvalue weighted by atomic mass is 9.63. The van der Waals surface area contributed by atoms with Crippen LogP contribution in [0.5, 0.6) is 0 Å². The summed E-state index contributed by atoms with van der Waals surface area (Å²) in [6.45, 7) is 14.1. The van der Waals surface area contributed by atoms with Crippen LogP contribution in [0.15, 0.2) is 37.5 Å². The molecule has 0 aromatic heterocycles. The molecule has 84 valence electrons. The zero-order valence-corrected chi connectivity index (χ0v) is 9.71. The number of rotatable bonds is 4. The van der Waals surface area contributed by atoms with Crippen molar-refractivity contribution in [2.24, 2.45) is 17.3 Å². The minimum Gasteiger partial charge on any atom is -0.392 e. The standard InChI is InChI=1S/C14H22O/c1-5-13-9-12(11(3)10-15)7-8-14(13,4)6-2/h5-6,12-13,15H,1-3,7-10H2,4H3/t12-,13-,14-/m1/s1. The first-order valence-corrected chi connectivity index (χ1v) is 5.62. The highest BCUT2D eigenvalue weighted by molar-refractivity contribution is 5.11. The number of allylic oxidation sites excluding steroid dienone is 2. The molecule has 0 aromatic carbocycles. The Bertz CT molecular complexity index is 267. The highest BCUT2D eigenvalue weighted by atomic mass is 16.3. The van der Waals surface area contributed by atoms with Crippen molar-refractivity contribution >= 4 is 0 Å². The van der Waals surface area contributed by atoms with E-state index in [1.54, 1.807) is 0 Å². The molecule has 1 heteroatoms. The Hall–Kier alpha value is -0.820. The third kappa shape index (κ3) is 2.40. The SMILES string of the molecule is C=C[C@@H]1C[C@H](C(=C)CO)CC[C@@]1(C)C=C. The van der Waals surface area contributed by atoms with Gasteiger partial charge >= 0.3 is 0 Å². The van der Waals surface area contributed by atoms with Crippen LogP contribution in [0.2, 0.25) is 0 Å². The van der Waals surface area contributed by atoms with E-state index in [0.717, 1.165) is 24.8 Å². The molecule has 1 nitrogen and oxygen atoms in total. The van der Waals surface area contributed by atoms with Gasteiger partial charge in [0.1, 0.15) is 0 Å². The first-order chi connectivity index (χ1) is 7.07. The molecule has 0 saturated heterocycles. The van der Waals surface area contributed by atoms with E-state index < -0.39 is 0 Å². The van der Waals surface area contributed by atoms with Gasteiger partial charge in [0, 0.05) is 0 Å². The molecule has 3 atom stereocenters. The van der Waals surface area contributed by atoms with Gasteiger partial charge in [0.15, 0.2) is 0 Å². The quantitative estimate of drug-likeness (QED) is 0.699. The lowest BCUT2D eigenvalue weighted by molar-refractivity contribution is 0.170. The van der Waals surface area contributed by atoms with Crippen molar-refractivity contribution in [1.29, 1.82) is 0 Å². The van der Waals surface area contributed by atoms with Gasteiger partial charge in [-0.15, -0.1) is 13.2 Å². The first kappa shape index (κ1) is 12.3. The molecule has 0 amide bonds. The highest BCUT2D eigenvalue weighted by Crippen LogP contribution is 2.46. The minimum absolute atomic E-state index is 0.110. The predicted molar refractivity (Wildman–Crippen MR) is 65.6 cm³/mol. The summed E-state index contributed by atoms with van der Waals surface area (Å²) in [5.74, 6) is 0.906. The molecule has 0 radical (unpaired) electrons. The van der Waals surface area contributed by atoms with Crippen molar-refractivity contribution in [2.75, 3.05) is 6.61 Å². The summed E-state index contributed by atoms with van der Waals surface area (Å²) in [6.07, 6.45) is 7.34. The lowest BCUT2D eigenvalue weighted by Gasteiger charge is -2.41. The van der Waals surface area contributed by atoms with Gasteiger partial charge < -0.3 is 5.11 Å². The van der Waals surface area contributed by atoms with Crippen molar-refractivity contribution in [3.63, 3.8) is 0 Å². The Morgan fingerprint density at radius 2 is 2.20 bits per heavy atom. The molecule has 1 rings (SSSR count). The van der Waals surface area contributed by atoms with E-state index in [2.05, 4.69) is 32.7 Å². The summed E-state index contributed by atoms with van der Waals surface area (Å²) in [4.78, 5) is 0. The van der Waals surface area contributed by atoms with Gasteiger partial charge in [-0.05, 0) is 42.1 Å². The molecule has 1 saturated carbocycles. The topological polar surface area (TPSA) is 20.2 Å². The first-order valence-electron chi connectivity index (χ1n) is 5.62. The minimum atomic E-state index is 0.110. The van der Waals surface area contributed by atoms with Crippen LogP contribution in [0, 0.1) is 17.3 Å². The number of hydrogen-bond acceptors (Lipinski definition) is 1. The second-order valence-electron chi connectivity index (χ2n) is 4.84. The summed E-state index contributed by atoms with van der Waals surface area (Å²) in [6, 6.07) is 0. The van der Waals surface area contributed by atoms with Crippen molar-refractivity contribution in [3.8, 4) is 0 Å². The number of aliphatic hydroxyl groups excluding tert-OH is 1. The fourth-order valence-corrected chi connectivity index (χ4v) is 2.48. The highest BCUT2D eigenvalue weighted by Gasteiger charge is 2.36. The Labute approximate surface area is 93.2 Å². The fourth-order valence-electron chi connectivity index (χ4n) is 2.48. The Morgan fingerprint density at radius 1 is 1.53 bits per heavy atom. The molecule has 1 N–H and O–H groups in total. The smallest absolute Gasteiger partial charge is 0.0641 e. The van der Waals surface area contributed by atoms with E-state index in [1.165, 1.54) is 0 Å². The van der Waals surface area contributed by atoms with Gasteiger partial charge in [-0.2, -0.15) is 0 Å². The molecule has 15 heavy (non-hydrogen) atoms. The normalized spacial score (nSPS) is 35.9. The Morgan fingerprint density at radius 3 is 2.67 bits per heavy atom. The van der Waals surface area contributed by atoms with E-state index in [4.69, 9.17) is 5.11 Å². The zero-order valence-electron chi connectivity index (χ0n) is 9.71. The maximum atomic E-state index is 9.09. The number of hydrogen-bond donors (Lipinski definition) is 1. The van der Waals surface area contributed by atoms with Crippen LogP contribution >= 0.6 is 0 Å². The van der Waals surface area contributed by atoms with Crippen LogP contribution in [-0.2, 0) is 0 Å². The average Bonchev–Trinajstić information content (AvgIpc) is 2.28. The van der Waals surface area contributed by atoms with Gasteiger partial charge in [0.25, 0.3) is 0 Å². The van der Waals surface area contributed by atoms with E-state index in [-0.39, 0.29) is 12.0 Å². The average molecular weight is 206 g/mol. The molecule has 0 aliphatic heterocycles. The van der Waals surface area contributed by atoms with E-state index >= 15 is 0 Å². The Balaban J connectivity index is 2.75. The molecule has 0 aromatic rings. The fraction of sp³-hybridized carbons (Fsp3) is 0.571. The molecule has 1 fully saturated rings. The summed E-state index contributed by atoms with van der Waals surface area (Å²) in [7, 11) is 0. The van der Waals surface area contributed by atoms with Crippen LogP contribution in [0.1, 0.15) is 26.2 Å². The summed E-state index contributed by atoms with van der Waals surface area (Å²) in [5.41, 5.74) is 1.14. The van der Waals surface area contributed by atoms with Crippen LogP contribution in [-0.4, -0.2) is 11.7 Å². The third-order valence-electron chi connectivity index (χ3n) is 3.95. The molecular formula is C14H22O. The molecule has 0 spiro atoms. The molecule has 1 aliphatic carbocycles. The maximum Gasteiger partial charge on any atom is 0.0641 e. The van der Waals surface area contributed by atoms with Gasteiger partial charge in [-0.1, -0.05) is 25.7 Å².